The van der Waals surface area contributed by atoms with Crippen LogP contribution in [-0.4, -0.2) is 104 Å². The molecule has 0 aromatic carbocycles. The number of aryl methyl sites for hydroxylation is 1. The van der Waals surface area contributed by atoms with Gasteiger partial charge in [0.05, 0.1) is 30.5 Å². The number of carboxylic acid groups (broad SMARTS) is 1. The standard InChI is InChI=1S/C25H33N11O9S3/c1-25(2,23(40)41)45-33-17(14-11-46-24(28)31-14)20(38)32-18-15(36(22(18)39)48(42,43)44)6-29-19(37)16-7-30-21(47-16)13-9-34(3)35(10-13)8-12(4-26)5-27/h7,9-12,15,18H,4-6,8,26-27H2,1-3H3,(H5-,28,29,31,32,37,38,40,41,42,43,44)/p+1/b33-17-/t15-,18+/m1/s1. The number of β-lactam (4-membered cyclic amide) rings is 1. The summed E-state index contributed by atoms with van der Waals surface area (Å²) in [5.74, 6) is -4.33. The monoisotopic (exact) mass is 728 g/mol. The Balaban J connectivity index is 1.50. The molecule has 0 spiro atoms. The lowest BCUT2D eigenvalue weighted by molar-refractivity contribution is -0.754. The predicted octanol–water partition coefficient (Wildman–Crippen LogP) is -2.48. The van der Waals surface area contributed by atoms with E-state index in [0.717, 1.165) is 22.7 Å². The molecule has 4 heterocycles. The van der Waals surface area contributed by atoms with E-state index >= 15 is 0 Å². The van der Waals surface area contributed by atoms with Crippen LogP contribution in [0.3, 0.4) is 0 Å². The maximum absolute atomic E-state index is 13.3. The van der Waals surface area contributed by atoms with Crippen LogP contribution < -0.4 is 32.5 Å². The van der Waals surface area contributed by atoms with Gasteiger partial charge in [0.25, 0.3) is 17.7 Å². The number of oxime groups is 1. The van der Waals surface area contributed by atoms with Crippen LogP contribution >= 0.6 is 22.7 Å². The summed E-state index contributed by atoms with van der Waals surface area (Å²) in [6.45, 7) is 3.21. The van der Waals surface area contributed by atoms with Crippen molar-refractivity contribution in [3.63, 3.8) is 0 Å². The average molecular weight is 729 g/mol. The number of aliphatic carboxylic acids is 1. The number of nitrogen functional groups attached to an aromatic ring is 1. The molecule has 1 saturated heterocycles. The lowest BCUT2D eigenvalue weighted by atomic mass is 9.98. The van der Waals surface area contributed by atoms with Crippen LogP contribution in [0.4, 0.5) is 5.13 Å². The molecule has 48 heavy (non-hydrogen) atoms. The number of hydrogen-bond acceptors (Lipinski definition) is 15. The quantitative estimate of drug-likeness (QED) is 0.0280. The van der Waals surface area contributed by atoms with Crippen molar-refractivity contribution in [2.45, 2.75) is 38.1 Å². The van der Waals surface area contributed by atoms with Gasteiger partial charge in [-0.05, 0) is 26.9 Å². The van der Waals surface area contributed by atoms with E-state index < -0.39 is 63.9 Å². The topological polar surface area (TPSA) is 304 Å². The molecule has 260 valence electrons. The second kappa shape index (κ2) is 14.3. The van der Waals surface area contributed by atoms with Gasteiger partial charge in [0, 0.05) is 17.8 Å². The Hall–Kier alpha value is -4.55. The Morgan fingerprint density at radius 1 is 1.27 bits per heavy atom. The van der Waals surface area contributed by atoms with Crippen molar-refractivity contribution >= 4 is 67.5 Å². The molecule has 4 rings (SSSR count). The molecule has 3 aromatic heterocycles. The molecule has 0 bridgehead atoms. The molecule has 20 nitrogen and oxygen atoms in total. The van der Waals surface area contributed by atoms with Crippen molar-refractivity contribution in [2.24, 2.45) is 29.6 Å². The molecule has 0 aliphatic carbocycles. The highest BCUT2D eigenvalue weighted by Crippen LogP contribution is 2.26. The number of carbonyl (C=O) groups is 4. The fourth-order valence-electron chi connectivity index (χ4n) is 4.33. The van der Waals surface area contributed by atoms with E-state index in [9.17, 15) is 37.3 Å². The maximum atomic E-state index is 13.3. The number of nitrogens with two attached hydrogens (primary N) is 3. The van der Waals surface area contributed by atoms with Crippen molar-refractivity contribution in [1.29, 1.82) is 0 Å². The van der Waals surface area contributed by atoms with Crippen LogP contribution in [0.1, 0.15) is 29.2 Å². The van der Waals surface area contributed by atoms with E-state index in [1.807, 2.05) is 28.8 Å². The van der Waals surface area contributed by atoms with Crippen molar-refractivity contribution in [3.05, 3.63) is 34.5 Å². The summed E-state index contributed by atoms with van der Waals surface area (Å²) in [6, 6.07) is -3.03. The molecule has 3 aromatic rings. The van der Waals surface area contributed by atoms with Crippen LogP contribution in [0.2, 0.25) is 0 Å². The minimum atomic E-state index is -5.10. The largest absolute Gasteiger partial charge is 0.478 e. The third-order valence-electron chi connectivity index (χ3n) is 7.14. The van der Waals surface area contributed by atoms with E-state index in [1.54, 1.807) is 0 Å². The fourth-order valence-corrected chi connectivity index (χ4v) is 6.56. The van der Waals surface area contributed by atoms with Gasteiger partial charge in [-0.3, -0.25) is 18.9 Å². The first-order chi connectivity index (χ1) is 22.5. The normalized spacial score (nSPS) is 16.9. The van der Waals surface area contributed by atoms with E-state index in [0.29, 0.717) is 30.2 Å². The molecule has 23 heteroatoms. The minimum absolute atomic E-state index is 0.0327. The summed E-state index contributed by atoms with van der Waals surface area (Å²) in [4.78, 5) is 64.0. The SMILES string of the molecule is C[n+]1cc(-c2ncc(C(=O)NC[C@@H]3[C@H](NC(=O)/C(=N\OC(C)(C)C(=O)O)c4csc(N)n4)C(=O)N3S(=O)(=O)O)s2)cn1CC(CN)CN. The Kier molecular flexibility index (Phi) is 10.8. The predicted molar refractivity (Wildman–Crippen MR) is 171 cm³/mol. The molecule has 1 aliphatic heterocycles. The number of hydrogen-bond donors (Lipinski definition) is 7. The summed E-state index contributed by atoms with van der Waals surface area (Å²) in [7, 11) is -3.27. The van der Waals surface area contributed by atoms with E-state index in [2.05, 4.69) is 25.8 Å². The molecule has 0 unspecified atom stereocenters. The van der Waals surface area contributed by atoms with Crippen molar-refractivity contribution in [3.8, 4) is 10.6 Å². The van der Waals surface area contributed by atoms with Gasteiger partial charge in [-0.1, -0.05) is 5.16 Å². The number of nitrogens with one attached hydrogen (secondary N) is 2. The first kappa shape index (κ1) is 36.3. The third-order valence-corrected chi connectivity index (χ3v) is 9.81. The molecule has 10 N–H and O–H groups in total. The van der Waals surface area contributed by atoms with Gasteiger partial charge in [-0.15, -0.1) is 27.4 Å². The van der Waals surface area contributed by atoms with Gasteiger partial charge in [-0.2, -0.15) is 13.1 Å². The molecule has 0 saturated carbocycles. The fraction of sp³-hybridized carbons (Fsp3) is 0.440. The minimum Gasteiger partial charge on any atom is -0.478 e. The van der Waals surface area contributed by atoms with E-state index in [1.165, 1.54) is 25.4 Å². The lowest BCUT2D eigenvalue weighted by Gasteiger charge is -2.44. The number of amides is 3. The molecular formula is C25H34N11O9S3+. The van der Waals surface area contributed by atoms with Crippen LogP contribution in [0.25, 0.3) is 10.6 Å². The van der Waals surface area contributed by atoms with Gasteiger partial charge in [0.2, 0.25) is 11.8 Å². The summed E-state index contributed by atoms with van der Waals surface area (Å²) in [5, 5.41) is 19.6. The van der Waals surface area contributed by atoms with E-state index in [4.69, 9.17) is 22.0 Å². The summed E-state index contributed by atoms with van der Waals surface area (Å²) >= 11 is 1.98. The smallest absolute Gasteiger partial charge is 0.362 e. The number of carbonyl (C=O) groups excluding carboxylic acids is 3. The van der Waals surface area contributed by atoms with Gasteiger partial charge in [0.1, 0.15) is 21.6 Å². The zero-order valence-corrected chi connectivity index (χ0v) is 28.2. The van der Waals surface area contributed by atoms with Crippen LogP contribution in [0, 0.1) is 5.92 Å². The van der Waals surface area contributed by atoms with Crippen molar-refractivity contribution in [2.75, 3.05) is 25.4 Å². The van der Waals surface area contributed by atoms with E-state index in [-0.39, 0.29) is 25.9 Å². The van der Waals surface area contributed by atoms with Crippen LogP contribution in [0.5, 0.6) is 0 Å². The van der Waals surface area contributed by atoms with Gasteiger partial charge < -0.3 is 37.8 Å². The number of nitrogens with zero attached hydrogens (tertiary/aromatic N) is 6. The molecule has 3 amide bonds. The Bertz CT molecular complexity index is 1850. The average Bonchev–Trinajstić information content (AvgIpc) is 3.76. The summed E-state index contributed by atoms with van der Waals surface area (Å²) < 4.78 is 37.5. The molecule has 0 radical (unpaired) electrons. The Morgan fingerprint density at radius 3 is 2.54 bits per heavy atom. The van der Waals surface area contributed by atoms with Gasteiger partial charge in [-0.25, -0.2) is 19.1 Å². The second-order valence-corrected chi connectivity index (χ2v) is 14.2. The third kappa shape index (κ3) is 7.94. The summed E-state index contributed by atoms with van der Waals surface area (Å²) in [5.41, 5.74) is 15.3. The maximum Gasteiger partial charge on any atom is 0.362 e. The Morgan fingerprint density at radius 2 is 1.96 bits per heavy atom. The first-order valence-corrected chi connectivity index (χ1v) is 17.1. The van der Waals surface area contributed by atoms with Gasteiger partial charge >= 0.3 is 16.3 Å². The van der Waals surface area contributed by atoms with Crippen molar-refractivity contribution in [1.82, 2.24) is 29.6 Å². The van der Waals surface area contributed by atoms with Crippen LogP contribution in [0.15, 0.2) is 29.1 Å². The van der Waals surface area contributed by atoms with Crippen LogP contribution in [-0.2, 0) is 43.1 Å². The Labute approximate surface area is 281 Å². The molecule has 2 atom stereocenters. The zero-order valence-electron chi connectivity index (χ0n) is 25.8. The molecular weight excluding hydrogens is 695 g/mol. The summed E-state index contributed by atoms with van der Waals surface area (Å²) in [6.07, 6.45) is 4.97. The molecule has 1 fully saturated rings. The number of carboxylic acids is 1. The number of anilines is 1. The second-order valence-electron chi connectivity index (χ2n) is 11.0. The number of thiazole rings is 2. The van der Waals surface area contributed by atoms with Gasteiger partial charge in [0.15, 0.2) is 17.9 Å². The highest BCUT2D eigenvalue weighted by atomic mass is 32.2. The molecule has 1 aliphatic rings. The number of rotatable bonds is 15. The number of aromatic nitrogens is 4. The first-order valence-electron chi connectivity index (χ1n) is 14.0. The highest BCUT2D eigenvalue weighted by Gasteiger charge is 2.54. The highest BCUT2D eigenvalue weighted by molar-refractivity contribution is 7.84. The lowest BCUT2D eigenvalue weighted by Crippen LogP contribution is -2.74. The zero-order chi connectivity index (χ0) is 35.6. The van der Waals surface area contributed by atoms with Crippen molar-refractivity contribution < 1.29 is 46.8 Å².